The largest absolute Gasteiger partial charge is 0.465 e. The maximum absolute atomic E-state index is 11.4. The normalized spacial score (nSPS) is 17.5. The van der Waals surface area contributed by atoms with Crippen LogP contribution in [0.1, 0.15) is 6.92 Å². The third kappa shape index (κ3) is 5.50. The number of nitrogens with one attached hydrogen (secondary N) is 2. The molecule has 0 bridgehead atoms. The Labute approximate surface area is 101 Å². The van der Waals surface area contributed by atoms with Gasteiger partial charge in [0.15, 0.2) is 0 Å². The van der Waals surface area contributed by atoms with Crippen molar-refractivity contribution in [2.45, 2.75) is 6.92 Å². The molecule has 0 atom stereocenters. The van der Waals surface area contributed by atoms with Gasteiger partial charge in [-0.05, 0) is 14.0 Å². The fraction of sp³-hybridized carbons (Fsp3) is 0.800. The summed E-state index contributed by atoms with van der Waals surface area (Å²) in [6, 6.07) is -0.373. The number of piperazine rings is 1. The Kier molecular flexibility index (Phi) is 5.71. The molecular formula is C10H20N4O3. The van der Waals surface area contributed by atoms with E-state index < -0.39 is 5.97 Å². The molecule has 2 amide bonds. The molecule has 1 rings (SSSR count). The molecule has 1 aliphatic heterocycles. The summed E-state index contributed by atoms with van der Waals surface area (Å²) in [6.45, 7) is 5.33. The molecule has 0 saturated carbocycles. The summed E-state index contributed by atoms with van der Waals surface area (Å²) in [6.07, 6.45) is 0. The standard InChI is InChI=1S/C10H20N4O3/c1-3-17-9(15)8-11-10(16)12-14-6-4-13(2)5-7-14/h3-8H2,1-2H3,(H2,11,12,16). The van der Waals surface area contributed by atoms with E-state index in [0.29, 0.717) is 6.61 Å². The predicted octanol–water partition coefficient (Wildman–Crippen LogP) is -0.989. The van der Waals surface area contributed by atoms with Crippen LogP contribution in [0, 0.1) is 0 Å². The maximum atomic E-state index is 11.4. The molecule has 2 N–H and O–H groups in total. The molecule has 0 aliphatic carbocycles. The summed E-state index contributed by atoms with van der Waals surface area (Å²) in [5, 5.41) is 4.28. The molecule has 0 aromatic carbocycles. The van der Waals surface area contributed by atoms with E-state index in [9.17, 15) is 9.59 Å². The molecule has 0 spiro atoms. The number of amides is 2. The number of likely N-dealkylation sites (N-methyl/N-ethyl adjacent to an activating group) is 1. The molecule has 0 unspecified atom stereocenters. The van der Waals surface area contributed by atoms with Crippen LogP contribution in [0.15, 0.2) is 0 Å². The number of urea groups is 1. The van der Waals surface area contributed by atoms with Gasteiger partial charge in [-0.25, -0.2) is 9.80 Å². The lowest BCUT2D eigenvalue weighted by Gasteiger charge is -2.32. The molecule has 0 aromatic rings. The third-order valence-electron chi connectivity index (χ3n) is 2.46. The number of rotatable bonds is 4. The van der Waals surface area contributed by atoms with E-state index in [4.69, 9.17) is 4.74 Å². The van der Waals surface area contributed by atoms with Crippen molar-refractivity contribution < 1.29 is 14.3 Å². The fourth-order valence-corrected chi connectivity index (χ4v) is 1.47. The molecule has 98 valence electrons. The zero-order chi connectivity index (χ0) is 12.7. The minimum absolute atomic E-state index is 0.104. The number of carbonyl (C=O) groups is 2. The lowest BCUT2D eigenvalue weighted by Crippen LogP contribution is -2.55. The zero-order valence-corrected chi connectivity index (χ0v) is 10.4. The summed E-state index contributed by atoms with van der Waals surface area (Å²) < 4.78 is 4.69. The van der Waals surface area contributed by atoms with E-state index in [1.807, 2.05) is 12.1 Å². The van der Waals surface area contributed by atoms with Crippen LogP contribution in [0.25, 0.3) is 0 Å². The van der Waals surface area contributed by atoms with Crippen molar-refractivity contribution in [1.82, 2.24) is 20.7 Å². The van der Waals surface area contributed by atoms with E-state index in [-0.39, 0.29) is 12.6 Å². The second kappa shape index (κ2) is 7.08. The lowest BCUT2D eigenvalue weighted by atomic mass is 10.4. The molecule has 7 heteroatoms. The molecule has 1 saturated heterocycles. The molecule has 1 fully saturated rings. The van der Waals surface area contributed by atoms with Crippen LogP contribution in [-0.2, 0) is 9.53 Å². The van der Waals surface area contributed by atoms with Gasteiger partial charge >= 0.3 is 12.0 Å². The Morgan fingerprint density at radius 1 is 1.24 bits per heavy atom. The Balaban J connectivity index is 2.14. The van der Waals surface area contributed by atoms with Gasteiger partial charge in [0.2, 0.25) is 0 Å². The van der Waals surface area contributed by atoms with Gasteiger partial charge in [-0.3, -0.25) is 10.2 Å². The number of esters is 1. The first-order valence-corrected chi connectivity index (χ1v) is 5.75. The predicted molar refractivity (Wildman–Crippen MR) is 62.2 cm³/mol. The summed E-state index contributed by atoms with van der Waals surface area (Å²) >= 11 is 0. The Morgan fingerprint density at radius 2 is 1.88 bits per heavy atom. The average Bonchev–Trinajstić information content (AvgIpc) is 2.30. The monoisotopic (exact) mass is 244 g/mol. The van der Waals surface area contributed by atoms with Crippen LogP contribution < -0.4 is 10.7 Å². The Hall–Kier alpha value is -1.34. The average molecular weight is 244 g/mol. The molecule has 7 nitrogen and oxygen atoms in total. The number of hydrazine groups is 1. The highest BCUT2D eigenvalue weighted by Gasteiger charge is 2.15. The van der Waals surface area contributed by atoms with E-state index in [0.717, 1.165) is 26.2 Å². The first-order chi connectivity index (χ1) is 8.11. The number of nitrogens with zero attached hydrogens (tertiary/aromatic N) is 2. The molecule has 17 heavy (non-hydrogen) atoms. The van der Waals surface area contributed by atoms with Gasteiger partial charge in [0.05, 0.1) is 6.61 Å². The van der Waals surface area contributed by atoms with Gasteiger partial charge < -0.3 is 15.0 Å². The van der Waals surface area contributed by atoms with Crippen LogP contribution in [0.5, 0.6) is 0 Å². The number of hydrogen-bond donors (Lipinski definition) is 2. The smallest absolute Gasteiger partial charge is 0.329 e. The van der Waals surface area contributed by atoms with Crippen LogP contribution in [0.4, 0.5) is 4.79 Å². The minimum Gasteiger partial charge on any atom is -0.465 e. The van der Waals surface area contributed by atoms with E-state index >= 15 is 0 Å². The SMILES string of the molecule is CCOC(=O)CNC(=O)NN1CCN(C)CC1. The first kappa shape index (κ1) is 13.7. The first-order valence-electron chi connectivity index (χ1n) is 5.75. The van der Waals surface area contributed by atoms with Crippen molar-refractivity contribution in [3.05, 3.63) is 0 Å². The minimum atomic E-state index is -0.430. The Morgan fingerprint density at radius 3 is 2.47 bits per heavy atom. The molecule has 1 heterocycles. The van der Waals surface area contributed by atoms with Crippen LogP contribution in [0.2, 0.25) is 0 Å². The summed E-state index contributed by atoms with van der Waals surface area (Å²) in [7, 11) is 2.04. The highest BCUT2D eigenvalue weighted by Crippen LogP contribution is 1.94. The van der Waals surface area contributed by atoms with Crippen LogP contribution in [0.3, 0.4) is 0 Å². The quantitative estimate of drug-likeness (QED) is 0.621. The summed E-state index contributed by atoms with van der Waals surface area (Å²) in [4.78, 5) is 24.6. The maximum Gasteiger partial charge on any atom is 0.329 e. The van der Waals surface area contributed by atoms with E-state index in [2.05, 4.69) is 15.6 Å². The topological polar surface area (TPSA) is 73.9 Å². The van der Waals surface area contributed by atoms with Crippen molar-refractivity contribution >= 4 is 12.0 Å². The molecule has 0 aromatic heterocycles. The van der Waals surface area contributed by atoms with Crippen molar-refractivity contribution in [3.8, 4) is 0 Å². The van der Waals surface area contributed by atoms with Crippen molar-refractivity contribution in [2.24, 2.45) is 0 Å². The number of hydrogen-bond acceptors (Lipinski definition) is 5. The molecule has 0 radical (unpaired) electrons. The van der Waals surface area contributed by atoms with Crippen LogP contribution >= 0.6 is 0 Å². The zero-order valence-electron chi connectivity index (χ0n) is 10.4. The van der Waals surface area contributed by atoms with Gasteiger partial charge in [0, 0.05) is 26.2 Å². The highest BCUT2D eigenvalue weighted by atomic mass is 16.5. The van der Waals surface area contributed by atoms with Crippen molar-refractivity contribution in [1.29, 1.82) is 0 Å². The van der Waals surface area contributed by atoms with Crippen molar-refractivity contribution in [2.75, 3.05) is 46.4 Å². The molecular weight excluding hydrogens is 224 g/mol. The second-order valence-electron chi connectivity index (χ2n) is 3.89. The van der Waals surface area contributed by atoms with E-state index in [1.54, 1.807) is 6.92 Å². The highest BCUT2D eigenvalue weighted by molar-refractivity contribution is 5.80. The van der Waals surface area contributed by atoms with Gasteiger partial charge in [-0.15, -0.1) is 0 Å². The second-order valence-corrected chi connectivity index (χ2v) is 3.89. The van der Waals surface area contributed by atoms with Gasteiger partial charge in [0.25, 0.3) is 0 Å². The number of ether oxygens (including phenoxy) is 1. The summed E-state index contributed by atoms with van der Waals surface area (Å²) in [5.41, 5.74) is 2.69. The van der Waals surface area contributed by atoms with Gasteiger partial charge in [-0.2, -0.15) is 0 Å². The fourth-order valence-electron chi connectivity index (χ4n) is 1.47. The van der Waals surface area contributed by atoms with Crippen molar-refractivity contribution in [3.63, 3.8) is 0 Å². The third-order valence-corrected chi connectivity index (χ3v) is 2.46. The van der Waals surface area contributed by atoms with Gasteiger partial charge in [-0.1, -0.05) is 0 Å². The van der Waals surface area contributed by atoms with E-state index in [1.165, 1.54) is 0 Å². The molecule has 1 aliphatic rings. The summed E-state index contributed by atoms with van der Waals surface area (Å²) in [5.74, 6) is -0.430. The lowest BCUT2D eigenvalue weighted by molar-refractivity contribution is -0.141. The van der Waals surface area contributed by atoms with Crippen LogP contribution in [-0.4, -0.2) is 68.3 Å². The Bertz CT molecular complexity index is 264. The number of carbonyl (C=O) groups excluding carboxylic acids is 2. The van der Waals surface area contributed by atoms with Gasteiger partial charge in [0.1, 0.15) is 6.54 Å².